The Balaban J connectivity index is 1.72. The molecule has 3 rings (SSSR count). The van der Waals surface area contributed by atoms with Gasteiger partial charge in [0.15, 0.2) is 0 Å². The second-order valence-corrected chi connectivity index (χ2v) is 5.65. The Labute approximate surface area is 138 Å². The van der Waals surface area contributed by atoms with E-state index in [-0.39, 0.29) is 18.1 Å². The van der Waals surface area contributed by atoms with E-state index in [1.54, 1.807) is 12.1 Å². The van der Waals surface area contributed by atoms with E-state index in [9.17, 15) is 9.59 Å². The first-order valence-corrected chi connectivity index (χ1v) is 7.63. The number of nitrogens with zero attached hydrogens (tertiary/aromatic N) is 1. The maximum Gasteiger partial charge on any atom is 0.319 e. The van der Waals surface area contributed by atoms with Crippen molar-refractivity contribution in [1.29, 1.82) is 0 Å². The number of carbonyl (C=O) groups excluding carboxylic acids is 1. The van der Waals surface area contributed by atoms with Gasteiger partial charge in [-0.05, 0) is 43.2 Å². The quantitative estimate of drug-likeness (QED) is 0.693. The number of nitrogens with one attached hydrogen (secondary N) is 3. The first-order chi connectivity index (χ1) is 11.5. The Kier molecular flexibility index (Phi) is 4.29. The highest BCUT2D eigenvalue weighted by Gasteiger charge is 2.08. The van der Waals surface area contributed by atoms with E-state index in [1.165, 1.54) is 5.56 Å². The molecule has 3 N–H and O–H groups in total. The summed E-state index contributed by atoms with van der Waals surface area (Å²) in [6, 6.07) is 12.6. The standard InChI is InChI=1S/C18H18N4O2/c1-11-7-8-13(9-12(11)2)20-18(24)19-10-16-14-5-3-4-6-15(14)17(23)22-21-16/h3-9H,10H2,1-2H3,(H,22,23)(H2,19,20,24). The molecule has 3 aromatic rings. The molecule has 0 aliphatic heterocycles. The van der Waals surface area contributed by atoms with Crippen LogP contribution in [0.2, 0.25) is 0 Å². The molecule has 122 valence electrons. The molecule has 0 fully saturated rings. The molecule has 0 saturated carbocycles. The number of benzene rings is 2. The number of hydrogen-bond donors (Lipinski definition) is 3. The lowest BCUT2D eigenvalue weighted by atomic mass is 10.1. The van der Waals surface area contributed by atoms with Crippen molar-refractivity contribution < 1.29 is 4.79 Å². The van der Waals surface area contributed by atoms with Gasteiger partial charge >= 0.3 is 6.03 Å². The molecule has 1 heterocycles. The molecule has 0 aliphatic rings. The van der Waals surface area contributed by atoms with Crippen LogP contribution in [-0.4, -0.2) is 16.2 Å². The van der Waals surface area contributed by atoms with Crippen LogP contribution in [0.5, 0.6) is 0 Å². The highest BCUT2D eigenvalue weighted by atomic mass is 16.2. The van der Waals surface area contributed by atoms with Crippen molar-refractivity contribution in [3.63, 3.8) is 0 Å². The van der Waals surface area contributed by atoms with Crippen LogP contribution in [0.1, 0.15) is 16.8 Å². The second-order valence-electron chi connectivity index (χ2n) is 5.65. The zero-order chi connectivity index (χ0) is 17.1. The van der Waals surface area contributed by atoms with Gasteiger partial charge in [-0.2, -0.15) is 5.10 Å². The maximum absolute atomic E-state index is 12.1. The van der Waals surface area contributed by atoms with Crippen molar-refractivity contribution in [3.05, 3.63) is 69.6 Å². The number of hydrogen-bond acceptors (Lipinski definition) is 3. The average Bonchev–Trinajstić information content (AvgIpc) is 2.58. The lowest BCUT2D eigenvalue weighted by Crippen LogP contribution is -2.29. The van der Waals surface area contributed by atoms with Crippen molar-refractivity contribution in [1.82, 2.24) is 15.5 Å². The highest BCUT2D eigenvalue weighted by molar-refractivity contribution is 5.90. The van der Waals surface area contributed by atoms with Crippen LogP contribution < -0.4 is 16.2 Å². The van der Waals surface area contributed by atoms with Crippen LogP contribution in [-0.2, 0) is 6.54 Å². The van der Waals surface area contributed by atoms with Crippen LogP contribution in [0.15, 0.2) is 47.3 Å². The molecule has 6 heteroatoms. The molecule has 0 unspecified atom stereocenters. The number of aryl methyl sites for hydroxylation is 2. The third kappa shape index (κ3) is 3.27. The summed E-state index contributed by atoms with van der Waals surface area (Å²) in [5.74, 6) is 0. The fourth-order valence-corrected chi connectivity index (χ4v) is 2.46. The molecule has 6 nitrogen and oxygen atoms in total. The summed E-state index contributed by atoms with van der Waals surface area (Å²) >= 11 is 0. The molecule has 0 aliphatic carbocycles. The zero-order valence-electron chi connectivity index (χ0n) is 13.5. The van der Waals surface area contributed by atoms with Gasteiger partial charge in [-0.25, -0.2) is 9.89 Å². The molecular formula is C18H18N4O2. The second kappa shape index (κ2) is 6.54. The van der Waals surface area contributed by atoms with Gasteiger partial charge in [-0.1, -0.05) is 24.3 Å². The number of rotatable bonds is 3. The maximum atomic E-state index is 12.1. The predicted octanol–water partition coefficient (Wildman–Crippen LogP) is 2.86. The summed E-state index contributed by atoms with van der Waals surface area (Å²) < 4.78 is 0. The number of fused-ring (bicyclic) bond motifs is 1. The number of anilines is 1. The van der Waals surface area contributed by atoms with Crippen molar-refractivity contribution in [2.24, 2.45) is 0 Å². The average molecular weight is 322 g/mol. The summed E-state index contributed by atoms with van der Waals surface area (Å²) in [5, 5.41) is 13.3. The van der Waals surface area contributed by atoms with Gasteiger partial charge in [0.05, 0.1) is 17.6 Å². The smallest absolute Gasteiger partial charge is 0.319 e. The Morgan fingerprint density at radius 1 is 1.08 bits per heavy atom. The van der Waals surface area contributed by atoms with Gasteiger partial charge in [0.2, 0.25) is 0 Å². The fraction of sp³-hybridized carbons (Fsp3) is 0.167. The SMILES string of the molecule is Cc1ccc(NC(=O)NCc2n[nH]c(=O)c3ccccc23)cc1C. The molecule has 0 saturated heterocycles. The Hall–Kier alpha value is -3.15. The summed E-state index contributed by atoms with van der Waals surface area (Å²) in [6.45, 7) is 4.23. The van der Waals surface area contributed by atoms with Gasteiger partial charge in [-0.3, -0.25) is 4.79 Å². The number of aromatic amines is 1. The van der Waals surface area contributed by atoms with Gasteiger partial charge in [-0.15, -0.1) is 0 Å². The summed E-state index contributed by atoms with van der Waals surface area (Å²) in [6.07, 6.45) is 0. The number of urea groups is 1. The minimum absolute atomic E-state index is 0.216. The van der Waals surface area contributed by atoms with Crippen LogP contribution in [0.25, 0.3) is 10.8 Å². The monoisotopic (exact) mass is 322 g/mol. The third-order valence-electron chi connectivity index (χ3n) is 3.96. The molecule has 0 bridgehead atoms. The van der Waals surface area contributed by atoms with Crippen molar-refractivity contribution in [2.75, 3.05) is 5.32 Å². The van der Waals surface area contributed by atoms with Crippen molar-refractivity contribution in [2.45, 2.75) is 20.4 Å². The fourth-order valence-electron chi connectivity index (χ4n) is 2.46. The largest absolute Gasteiger partial charge is 0.332 e. The van der Waals surface area contributed by atoms with E-state index in [2.05, 4.69) is 20.8 Å². The van der Waals surface area contributed by atoms with E-state index in [0.29, 0.717) is 11.1 Å². The molecule has 0 atom stereocenters. The predicted molar refractivity (Wildman–Crippen MR) is 94.1 cm³/mol. The molecule has 2 amide bonds. The minimum Gasteiger partial charge on any atom is -0.332 e. The van der Waals surface area contributed by atoms with Crippen molar-refractivity contribution >= 4 is 22.5 Å². The lowest BCUT2D eigenvalue weighted by molar-refractivity contribution is 0.251. The summed E-state index contributed by atoms with van der Waals surface area (Å²) in [7, 11) is 0. The van der Waals surface area contributed by atoms with Crippen LogP contribution in [0.3, 0.4) is 0 Å². The van der Waals surface area contributed by atoms with E-state index in [0.717, 1.165) is 16.6 Å². The van der Waals surface area contributed by atoms with E-state index in [4.69, 9.17) is 0 Å². The Morgan fingerprint density at radius 2 is 1.83 bits per heavy atom. The first-order valence-electron chi connectivity index (χ1n) is 7.63. The number of aromatic nitrogens is 2. The molecule has 0 radical (unpaired) electrons. The molecule has 0 spiro atoms. The zero-order valence-corrected chi connectivity index (χ0v) is 13.5. The Bertz CT molecular complexity index is 963. The van der Waals surface area contributed by atoms with Gasteiger partial charge in [0.1, 0.15) is 0 Å². The van der Waals surface area contributed by atoms with Gasteiger partial charge < -0.3 is 10.6 Å². The van der Waals surface area contributed by atoms with Crippen LogP contribution in [0.4, 0.5) is 10.5 Å². The van der Waals surface area contributed by atoms with E-state index in [1.807, 2.05) is 44.2 Å². The third-order valence-corrected chi connectivity index (χ3v) is 3.96. The summed E-state index contributed by atoms with van der Waals surface area (Å²) in [5.41, 5.74) is 3.38. The van der Waals surface area contributed by atoms with Crippen molar-refractivity contribution in [3.8, 4) is 0 Å². The number of H-pyrrole nitrogens is 1. The van der Waals surface area contributed by atoms with Gasteiger partial charge in [0, 0.05) is 11.1 Å². The topological polar surface area (TPSA) is 86.9 Å². The number of amides is 2. The number of carbonyl (C=O) groups is 1. The van der Waals surface area contributed by atoms with Crippen LogP contribution in [0, 0.1) is 13.8 Å². The Morgan fingerprint density at radius 3 is 2.58 bits per heavy atom. The normalized spacial score (nSPS) is 10.6. The van der Waals surface area contributed by atoms with E-state index < -0.39 is 0 Å². The molecule has 1 aromatic heterocycles. The molecular weight excluding hydrogens is 304 g/mol. The van der Waals surface area contributed by atoms with Crippen LogP contribution >= 0.6 is 0 Å². The highest BCUT2D eigenvalue weighted by Crippen LogP contribution is 2.14. The minimum atomic E-state index is -0.324. The lowest BCUT2D eigenvalue weighted by Gasteiger charge is -2.10. The molecule has 24 heavy (non-hydrogen) atoms. The molecule has 2 aromatic carbocycles. The summed E-state index contributed by atoms with van der Waals surface area (Å²) in [4.78, 5) is 23.8. The first kappa shape index (κ1) is 15.7. The van der Waals surface area contributed by atoms with E-state index >= 15 is 0 Å². The van der Waals surface area contributed by atoms with Gasteiger partial charge in [0.25, 0.3) is 5.56 Å².